The second-order valence-corrected chi connectivity index (χ2v) is 11.2. The quantitative estimate of drug-likeness (QED) is 0.156. The molecule has 0 bridgehead atoms. The van der Waals surface area contributed by atoms with Crippen molar-refractivity contribution in [2.24, 2.45) is 0 Å². The Hall–Kier alpha value is -3.31. The van der Waals surface area contributed by atoms with Crippen molar-refractivity contribution in [2.75, 3.05) is 13.1 Å². The number of ketones is 1. The van der Waals surface area contributed by atoms with E-state index in [9.17, 15) is 4.79 Å². The number of benzene rings is 2. The van der Waals surface area contributed by atoms with Crippen LogP contribution in [-0.2, 0) is 30.7 Å². The maximum Gasteiger partial charge on any atom is 0.187 e. The summed E-state index contributed by atoms with van der Waals surface area (Å²) in [5.41, 5.74) is 7.46. The third kappa shape index (κ3) is 8.85. The number of Topliss-reactive ketones (excluding diaryl/α,β-unsaturated/α-hetero) is 1. The first kappa shape index (κ1) is 29.7. The first-order valence-corrected chi connectivity index (χ1v) is 15.3. The van der Waals surface area contributed by atoms with Gasteiger partial charge in [0.25, 0.3) is 0 Å². The Morgan fingerprint density at radius 3 is 1.75 bits per heavy atom. The number of piperidine rings is 1. The van der Waals surface area contributed by atoms with Crippen LogP contribution in [0.4, 0.5) is 0 Å². The minimum absolute atomic E-state index is 0.143. The van der Waals surface area contributed by atoms with E-state index in [1.165, 1.54) is 49.7 Å². The molecule has 1 aromatic heterocycles. The molecule has 5 nitrogen and oxygen atoms in total. The van der Waals surface area contributed by atoms with Crippen molar-refractivity contribution in [3.63, 3.8) is 0 Å². The molecule has 0 unspecified atom stereocenters. The number of carbonyl (C=O) groups is 1. The molecule has 212 valence electrons. The average molecular weight is 539 g/mol. The van der Waals surface area contributed by atoms with Gasteiger partial charge in [0, 0.05) is 43.5 Å². The van der Waals surface area contributed by atoms with Crippen LogP contribution in [0.3, 0.4) is 0 Å². The zero-order valence-corrected chi connectivity index (χ0v) is 24.7. The molecule has 2 heterocycles. The Morgan fingerprint density at radius 1 is 0.725 bits per heavy atom. The van der Waals surface area contributed by atoms with E-state index in [4.69, 9.17) is 0 Å². The summed E-state index contributed by atoms with van der Waals surface area (Å²) >= 11 is 0. The van der Waals surface area contributed by atoms with E-state index < -0.39 is 0 Å². The molecule has 0 N–H and O–H groups in total. The molecule has 1 fully saturated rings. The lowest BCUT2D eigenvalue weighted by molar-refractivity contribution is -0.113. The molecule has 4 rings (SSSR count). The summed E-state index contributed by atoms with van der Waals surface area (Å²) in [5, 5.41) is 8.79. The van der Waals surface area contributed by atoms with Gasteiger partial charge in [-0.3, -0.25) is 14.4 Å². The number of aromatic nitrogens is 3. The lowest BCUT2D eigenvalue weighted by Crippen LogP contribution is -2.37. The Bertz CT molecular complexity index is 1190. The molecule has 5 heteroatoms. The average Bonchev–Trinajstić information content (AvgIpc) is 3.41. The summed E-state index contributed by atoms with van der Waals surface area (Å²) in [6, 6.07) is 17.4. The van der Waals surface area contributed by atoms with Gasteiger partial charge in [-0.15, -0.1) is 5.10 Å². The SMILES string of the molecule is CCCCCn1cc(CN2C/C(=C/c3ccc(CCCC)cc3)C(=O)/C(=C/c3ccc(CCCC)cc3)C2)nn1. The fourth-order valence-corrected chi connectivity index (χ4v) is 5.22. The summed E-state index contributed by atoms with van der Waals surface area (Å²) in [4.78, 5) is 16.0. The second kappa shape index (κ2) is 15.5. The van der Waals surface area contributed by atoms with Crippen molar-refractivity contribution in [3.8, 4) is 0 Å². The minimum atomic E-state index is 0.143. The van der Waals surface area contributed by atoms with Crippen LogP contribution in [0.1, 0.15) is 93.7 Å². The van der Waals surface area contributed by atoms with Crippen LogP contribution in [0.5, 0.6) is 0 Å². The van der Waals surface area contributed by atoms with Crippen molar-refractivity contribution < 1.29 is 4.79 Å². The van der Waals surface area contributed by atoms with Crippen molar-refractivity contribution in [1.82, 2.24) is 19.9 Å². The molecule has 2 aromatic carbocycles. The third-order valence-electron chi connectivity index (χ3n) is 7.61. The normalized spacial score (nSPS) is 16.3. The molecule has 0 amide bonds. The smallest absolute Gasteiger partial charge is 0.187 e. The van der Waals surface area contributed by atoms with Crippen LogP contribution in [0.25, 0.3) is 12.2 Å². The Balaban J connectivity index is 1.55. The lowest BCUT2D eigenvalue weighted by Gasteiger charge is -2.29. The first-order valence-electron chi connectivity index (χ1n) is 15.3. The third-order valence-corrected chi connectivity index (χ3v) is 7.61. The second-order valence-electron chi connectivity index (χ2n) is 11.2. The standard InChI is InChI=1S/C35H46N4O/c1-4-7-10-21-39-27-34(36-37-39)26-38-24-32(22-30-17-13-28(14-18-30)11-8-5-2)35(40)33(25-38)23-31-19-15-29(16-20-31)12-9-6-3/h13-20,22-23,27H,4-12,21,24-26H2,1-3H3/b32-22-,33-23+. The van der Waals surface area contributed by atoms with E-state index in [2.05, 4.69) is 103 Å². The molecule has 1 saturated heterocycles. The summed E-state index contributed by atoms with van der Waals surface area (Å²) in [6.45, 7) is 9.43. The zero-order chi connectivity index (χ0) is 28.2. The van der Waals surface area contributed by atoms with E-state index in [1.807, 2.05) is 4.68 Å². The molecular formula is C35H46N4O. The topological polar surface area (TPSA) is 51.0 Å². The van der Waals surface area contributed by atoms with Gasteiger partial charge in [0.1, 0.15) is 0 Å². The Morgan fingerprint density at radius 2 is 1.25 bits per heavy atom. The van der Waals surface area contributed by atoms with Crippen LogP contribution in [0.2, 0.25) is 0 Å². The van der Waals surface area contributed by atoms with Gasteiger partial charge in [-0.2, -0.15) is 0 Å². The molecule has 0 saturated carbocycles. The highest BCUT2D eigenvalue weighted by Crippen LogP contribution is 2.24. The monoisotopic (exact) mass is 538 g/mol. The molecule has 0 radical (unpaired) electrons. The van der Waals surface area contributed by atoms with Crippen LogP contribution >= 0.6 is 0 Å². The van der Waals surface area contributed by atoms with Gasteiger partial charge in [-0.25, -0.2) is 0 Å². The number of nitrogens with zero attached hydrogens (tertiary/aromatic N) is 4. The highest BCUT2D eigenvalue weighted by atomic mass is 16.1. The highest BCUT2D eigenvalue weighted by molar-refractivity contribution is 6.14. The summed E-state index contributed by atoms with van der Waals surface area (Å²) in [6.07, 6.45) is 16.7. The molecule has 0 aliphatic carbocycles. The number of likely N-dealkylation sites (tertiary alicyclic amines) is 1. The fourth-order valence-electron chi connectivity index (χ4n) is 5.22. The molecule has 0 atom stereocenters. The van der Waals surface area contributed by atoms with Crippen molar-refractivity contribution >= 4 is 17.9 Å². The van der Waals surface area contributed by atoms with Crippen molar-refractivity contribution in [2.45, 2.75) is 91.6 Å². The van der Waals surface area contributed by atoms with E-state index >= 15 is 0 Å². The minimum Gasteiger partial charge on any atom is -0.289 e. The van der Waals surface area contributed by atoms with Gasteiger partial charge in [-0.1, -0.05) is 100 Å². The Labute approximate surface area is 241 Å². The maximum absolute atomic E-state index is 13.7. The Kier molecular flexibility index (Phi) is 11.5. The zero-order valence-electron chi connectivity index (χ0n) is 24.7. The van der Waals surface area contributed by atoms with Crippen LogP contribution < -0.4 is 0 Å². The largest absolute Gasteiger partial charge is 0.289 e. The molecule has 3 aromatic rings. The summed E-state index contributed by atoms with van der Waals surface area (Å²) in [7, 11) is 0. The number of carbonyl (C=O) groups excluding carboxylic acids is 1. The maximum atomic E-state index is 13.7. The predicted octanol–water partition coefficient (Wildman–Crippen LogP) is 7.71. The fraction of sp³-hybridized carbons (Fsp3) is 0.457. The number of hydrogen-bond acceptors (Lipinski definition) is 4. The summed E-state index contributed by atoms with van der Waals surface area (Å²) in [5.74, 6) is 0.143. The van der Waals surface area contributed by atoms with Gasteiger partial charge < -0.3 is 0 Å². The molecule has 40 heavy (non-hydrogen) atoms. The van der Waals surface area contributed by atoms with E-state index in [-0.39, 0.29) is 5.78 Å². The van der Waals surface area contributed by atoms with Crippen LogP contribution in [0.15, 0.2) is 65.9 Å². The molecule has 0 spiro atoms. The van der Waals surface area contributed by atoms with E-state index in [0.717, 1.165) is 53.8 Å². The van der Waals surface area contributed by atoms with Crippen molar-refractivity contribution in [1.29, 1.82) is 0 Å². The van der Waals surface area contributed by atoms with E-state index in [1.54, 1.807) is 0 Å². The van der Waals surface area contributed by atoms with Crippen LogP contribution in [-0.4, -0.2) is 38.8 Å². The van der Waals surface area contributed by atoms with Crippen LogP contribution in [0, 0.1) is 0 Å². The number of hydrogen-bond donors (Lipinski definition) is 0. The first-order chi connectivity index (χ1) is 19.6. The predicted molar refractivity (Wildman–Crippen MR) is 166 cm³/mol. The van der Waals surface area contributed by atoms with Gasteiger partial charge in [0.15, 0.2) is 5.78 Å². The lowest BCUT2D eigenvalue weighted by atomic mass is 9.93. The summed E-state index contributed by atoms with van der Waals surface area (Å²) < 4.78 is 1.95. The van der Waals surface area contributed by atoms with Gasteiger partial charge >= 0.3 is 0 Å². The molecule has 1 aliphatic rings. The van der Waals surface area contributed by atoms with E-state index in [0.29, 0.717) is 19.6 Å². The van der Waals surface area contributed by atoms with Gasteiger partial charge in [0.05, 0.1) is 5.69 Å². The van der Waals surface area contributed by atoms with Gasteiger partial charge in [-0.05, 0) is 66.5 Å². The highest BCUT2D eigenvalue weighted by Gasteiger charge is 2.27. The van der Waals surface area contributed by atoms with Crippen molar-refractivity contribution in [3.05, 3.63) is 93.8 Å². The molecule has 1 aliphatic heterocycles. The van der Waals surface area contributed by atoms with Gasteiger partial charge in [0.2, 0.25) is 0 Å². The number of unbranched alkanes of at least 4 members (excludes halogenated alkanes) is 4. The molecular weight excluding hydrogens is 492 g/mol. The number of aryl methyl sites for hydroxylation is 3. The number of rotatable bonds is 14.